The van der Waals surface area contributed by atoms with E-state index >= 15 is 0 Å². The lowest BCUT2D eigenvalue weighted by Crippen LogP contribution is -2.39. The van der Waals surface area contributed by atoms with E-state index in [-0.39, 0.29) is 5.84 Å². The average Bonchev–Trinajstić information content (AvgIpc) is 2.64. The summed E-state index contributed by atoms with van der Waals surface area (Å²) in [5.41, 5.74) is 4.55. The smallest absolute Gasteiger partial charge is 0.217 e. The molecule has 0 radical (unpaired) electrons. The lowest BCUT2D eigenvalue weighted by atomic mass is 10.5. The van der Waals surface area contributed by atoms with Crippen molar-refractivity contribution < 1.29 is 4.39 Å². The third-order valence-corrected chi connectivity index (χ3v) is 2.11. The van der Waals surface area contributed by atoms with Gasteiger partial charge in [0.1, 0.15) is 0 Å². The largest absolute Gasteiger partial charge is 0.381 e. The Morgan fingerprint density at radius 3 is 2.71 bits per heavy atom. The second-order valence-corrected chi connectivity index (χ2v) is 3.14. The summed E-state index contributed by atoms with van der Waals surface area (Å²) in [5, 5.41) is 1.42. The molecule has 1 aromatic heterocycles. The van der Waals surface area contributed by atoms with Gasteiger partial charge in [0.05, 0.1) is 6.20 Å². The number of amidine groups is 1. The maximum Gasteiger partial charge on any atom is 0.217 e. The second kappa shape index (κ2) is 3.34. The van der Waals surface area contributed by atoms with Crippen LogP contribution in [0.5, 0.6) is 0 Å². The van der Waals surface area contributed by atoms with E-state index in [9.17, 15) is 4.39 Å². The molecule has 1 unspecified atom stereocenters. The Kier molecular flexibility index (Phi) is 2.17. The van der Waals surface area contributed by atoms with Crippen molar-refractivity contribution in [3.8, 4) is 0 Å². The fraction of sp³-hybridized carbons (Fsp3) is 0.125. The lowest BCUT2D eigenvalue weighted by Gasteiger charge is -2.27. The van der Waals surface area contributed by atoms with Crippen LogP contribution in [-0.4, -0.2) is 16.1 Å². The van der Waals surface area contributed by atoms with E-state index in [1.54, 1.807) is 29.2 Å². The number of nitrogens with zero attached hydrogens (tertiary/aromatic N) is 3. The molecule has 2 heterocycles. The van der Waals surface area contributed by atoms with Crippen molar-refractivity contribution in [2.45, 2.75) is 5.62 Å². The Hall–Kier alpha value is -1.49. The molecule has 14 heavy (non-hydrogen) atoms. The summed E-state index contributed by atoms with van der Waals surface area (Å²) in [6, 6.07) is 3.61. The zero-order valence-corrected chi connectivity index (χ0v) is 7.89. The van der Waals surface area contributed by atoms with Gasteiger partial charge >= 0.3 is 0 Å². The van der Waals surface area contributed by atoms with Gasteiger partial charge in [-0.05, 0) is 12.1 Å². The van der Waals surface area contributed by atoms with Crippen LogP contribution < -0.4 is 10.7 Å². The molecule has 0 aromatic carbocycles. The van der Waals surface area contributed by atoms with E-state index in [1.807, 2.05) is 0 Å². The van der Waals surface area contributed by atoms with Gasteiger partial charge in [-0.2, -0.15) is 0 Å². The Morgan fingerprint density at radius 1 is 1.43 bits per heavy atom. The minimum absolute atomic E-state index is 0.173. The molecule has 2 N–H and O–H groups in total. The van der Waals surface area contributed by atoms with Crippen molar-refractivity contribution in [3.05, 3.63) is 36.6 Å². The fourth-order valence-electron chi connectivity index (χ4n) is 1.14. The molecule has 74 valence electrons. The topological polar surface area (TPSA) is 46.5 Å². The predicted molar refractivity (Wildman–Crippen MR) is 53.1 cm³/mol. The minimum Gasteiger partial charge on any atom is -0.381 e. The Balaban J connectivity index is 2.32. The maximum atomic E-state index is 13.1. The number of aromatic nitrogens is 1. The SMILES string of the molecule is NC1=NC(Cl)N(n2cccc2)C=C1F. The van der Waals surface area contributed by atoms with Gasteiger partial charge in [0.15, 0.2) is 11.7 Å². The van der Waals surface area contributed by atoms with Crippen LogP contribution in [0.15, 0.2) is 41.5 Å². The third kappa shape index (κ3) is 1.46. The third-order valence-electron chi connectivity index (χ3n) is 1.81. The van der Waals surface area contributed by atoms with Gasteiger partial charge in [0.2, 0.25) is 5.62 Å². The second-order valence-electron chi connectivity index (χ2n) is 2.75. The summed E-state index contributed by atoms with van der Waals surface area (Å²) >= 11 is 5.86. The van der Waals surface area contributed by atoms with E-state index in [4.69, 9.17) is 17.3 Å². The molecule has 0 fully saturated rings. The first-order valence-electron chi connectivity index (χ1n) is 3.95. The zero-order valence-electron chi connectivity index (χ0n) is 7.14. The number of hydrogen-bond donors (Lipinski definition) is 1. The monoisotopic (exact) mass is 214 g/mol. The normalized spacial score (nSPS) is 21.9. The first-order chi connectivity index (χ1) is 6.68. The summed E-state index contributed by atoms with van der Waals surface area (Å²) in [7, 11) is 0. The van der Waals surface area contributed by atoms with Crippen LogP contribution in [0.4, 0.5) is 4.39 Å². The van der Waals surface area contributed by atoms with Crippen molar-refractivity contribution in [2.24, 2.45) is 10.7 Å². The van der Waals surface area contributed by atoms with Crippen LogP contribution >= 0.6 is 11.6 Å². The highest BCUT2D eigenvalue weighted by molar-refractivity contribution is 6.22. The van der Waals surface area contributed by atoms with Gasteiger partial charge in [-0.1, -0.05) is 11.6 Å². The standard InChI is InChI=1S/C8H8ClFN4/c9-8-12-7(11)6(10)5-14(8)13-3-1-2-4-13/h1-5,8H,(H2,11,12). The van der Waals surface area contributed by atoms with Crippen molar-refractivity contribution in [3.63, 3.8) is 0 Å². The van der Waals surface area contributed by atoms with Crippen molar-refractivity contribution in [1.82, 2.24) is 4.68 Å². The molecule has 0 bridgehead atoms. The van der Waals surface area contributed by atoms with Crippen molar-refractivity contribution >= 4 is 17.4 Å². The zero-order chi connectivity index (χ0) is 10.1. The Bertz CT molecular complexity index is 384. The summed E-state index contributed by atoms with van der Waals surface area (Å²) in [4.78, 5) is 3.72. The van der Waals surface area contributed by atoms with Gasteiger partial charge in [0, 0.05) is 12.4 Å². The average molecular weight is 215 g/mol. The van der Waals surface area contributed by atoms with Crippen LogP contribution in [-0.2, 0) is 0 Å². The quantitative estimate of drug-likeness (QED) is 0.563. The summed E-state index contributed by atoms with van der Waals surface area (Å²) in [6.07, 6.45) is 4.67. The highest BCUT2D eigenvalue weighted by Gasteiger charge is 2.20. The number of nitrogens with two attached hydrogens (primary N) is 1. The molecule has 6 heteroatoms. The summed E-state index contributed by atoms with van der Waals surface area (Å²) in [6.45, 7) is 0. The van der Waals surface area contributed by atoms with Crippen LogP contribution in [0.25, 0.3) is 0 Å². The van der Waals surface area contributed by atoms with Gasteiger partial charge in [-0.3, -0.25) is 4.68 Å². The van der Waals surface area contributed by atoms with Gasteiger partial charge in [0.25, 0.3) is 0 Å². The maximum absolute atomic E-state index is 13.1. The van der Waals surface area contributed by atoms with Gasteiger partial charge in [-0.15, -0.1) is 0 Å². The number of rotatable bonds is 1. The molecule has 1 aliphatic heterocycles. The highest BCUT2D eigenvalue weighted by Crippen LogP contribution is 2.15. The lowest BCUT2D eigenvalue weighted by molar-refractivity contribution is 0.600. The van der Waals surface area contributed by atoms with E-state index < -0.39 is 11.5 Å². The molecule has 2 rings (SSSR count). The molecule has 0 amide bonds. The van der Waals surface area contributed by atoms with Crippen LogP contribution in [0.2, 0.25) is 0 Å². The van der Waals surface area contributed by atoms with Crippen LogP contribution in [0, 0.1) is 0 Å². The molecular weight excluding hydrogens is 207 g/mol. The fourth-order valence-corrected chi connectivity index (χ4v) is 1.40. The molecular formula is C8H8ClFN4. The molecule has 4 nitrogen and oxygen atoms in total. The summed E-state index contributed by atoms with van der Waals surface area (Å²) < 4.78 is 14.7. The Morgan fingerprint density at radius 2 is 2.07 bits per heavy atom. The molecule has 0 spiro atoms. The number of aliphatic imine (C=N–C) groups is 1. The van der Waals surface area contributed by atoms with Gasteiger partial charge < -0.3 is 5.73 Å². The summed E-state index contributed by atoms with van der Waals surface area (Å²) in [5.74, 6) is -0.760. The first kappa shape index (κ1) is 9.08. The molecule has 1 aliphatic rings. The molecule has 1 atom stereocenters. The minimum atomic E-state index is -0.720. The number of hydrogen-bond acceptors (Lipinski definition) is 3. The highest BCUT2D eigenvalue weighted by atomic mass is 35.5. The van der Waals surface area contributed by atoms with E-state index in [0.29, 0.717) is 0 Å². The van der Waals surface area contributed by atoms with E-state index in [2.05, 4.69) is 4.99 Å². The van der Waals surface area contributed by atoms with Gasteiger partial charge in [-0.25, -0.2) is 14.4 Å². The van der Waals surface area contributed by atoms with Crippen LogP contribution in [0.1, 0.15) is 0 Å². The molecule has 0 saturated heterocycles. The van der Waals surface area contributed by atoms with Crippen LogP contribution in [0.3, 0.4) is 0 Å². The van der Waals surface area contributed by atoms with E-state index in [0.717, 1.165) is 0 Å². The Labute approximate surface area is 85.0 Å². The number of halogens is 2. The molecule has 0 aliphatic carbocycles. The molecule has 0 saturated carbocycles. The number of alkyl halides is 1. The van der Waals surface area contributed by atoms with Crippen molar-refractivity contribution in [1.29, 1.82) is 0 Å². The predicted octanol–water partition coefficient (Wildman–Crippen LogP) is 1.13. The van der Waals surface area contributed by atoms with Crippen molar-refractivity contribution in [2.75, 3.05) is 5.01 Å². The van der Waals surface area contributed by atoms with E-state index in [1.165, 1.54) is 11.2 Å². The first-order valence-corrected chi connectivity index (χ1v) is 4.39. The molecule has 1 aromatic rings.